The molecule has 0 aliphatic carbocycles. The van der Waals surface area contributed by atoms with Crippen LogP contribution in [0.3, 0.4) is 0 Å². The molecule has 1 saturated heterocycles. The summed E-state index contributed by atoms with van der Waals surface area (Å²) in [6.45, 7) is 0. The first-order valence-corrected chi connectivity index (χ1v) is 11.7. The molecule has 31 heavy (non-hydrogen) atoms. The van der Waals surface area contributed by atoms with Crippen LogP contribution in [0.2, 0.25) is 5.02 Å². The topological polar surface area (TPSA) is 109 Å². The molecule has 1 aliphatic heterocycles. The number of rotatable bonds is 4. The van der Waals surface area contributed by atoms with E-state index in [4.69, 9.17) is 11.6 Å². The van der Waals surface area contributed by atoms with E-state index in [0.717, 1.165) is 20.9 Å². The molecule has 2 unspecified atom stereocenters. The molecule has 0 radical (unpaired) electrons. The van der Waals surface area contributed by atoms with Gasteiger partial charge < -0.3 is 9.88 Å². The summed E-state index contributed by atoms with van der Waals surface area (Å²) in [7, 11) is -0.759. The van der Waals surface area contributed by atoms with Gasteiger partial charge in [0.2, 0.25) is 5.91 Å². The van der Waals surface area contributed by atoms with Gasteiger partial charge in [-0.1, -0.05) is 11.6 Å². The van der Waals surface area contributed by atoms with E-state index in [9.17, 15) is 17.6 Å². The minimum absolute atomic E-state index is 0.146. The molecule has 2 N–H and O–H groups in total. The molecule has 3 heterocycles. The third-order valence-electron chi connectivity index (χ3n) is 4.84. The second-order valence-corrected chi connectivity index (χ2v) is 10.3. The van der Waals surface area contributed by atoms with E-state index >= 15 is 0 Å². The predicted octanol–water partition coefficient (Wildman–Crippen LogP) is 2.55. The Morgan fingerprint density at radius 3 is 2.81 bits per heavy atom. The van der Waals surface area contributed by atoms with Gasteiger partial charge in [-0.3, -0.25) is 4.79 Å². The molecule has 13 heteroatoms. The molecule has 1 aliphatic rings. The Morgan fingerprint density at radius 1 is 1.35 bits per heavy atom. The fourth-order valence-electron chi connectivity index (χ4n) is 3.18. The number of nitrogens with zero attached hydrogens (tertiary/aromatic N) is 4. The zero-order valence-corrected chi connectivity index (χ0v) is 18.8. The predicted molar refractivity (Wildman–Crippen MR) is 115 cm³/mol. The Bertz CT molecular complexity index is 1240. The van der Waals surface area contributed by atoms with Crippen LogP contribution < -0.4 is 10.0 Å². The first-order valence-electron chi connectivity index (χ1n) is 9.09. The van der Waals surface area contributed by atoms with Crippen molar-refractivity contribution < 1.29 is 17.6 Å². The standard InChI is InChI=1S/C18H18ClFN6O3S2/c1-25-8-14(22-9-25)16-7-21-18(30-16)13-6-15(26(2)31(28,29)24-13)17(27)23-10-3-4-12(20)11(19)5-10/h3-5,7-9,13,15,24H,6H2,1-2H3,(H,23,27). The van der Waals surface area contributed by atoms with Crippen LogP contribution in [0.1, 0.15) is 17.5 Å². The van der Waals surface area contributed by atoms with Crippen molar-refractivity contribution >= 4 is 44.7 Å². The summed E-state index contributed by atoms with van der Waals surface area (Å²) in [5, 5.41) is 2.98. The second-order valence-electron chi connectivity index (χ2n) is 7.05. The average Bonchev–Trinajstić information content (AvgIpc) is 3.35. The maximum atomic E-state index is 13.4. The molecule has 1 aromatic carbocycles. The van der Waals surface area contributed by atoms with Gasteiger partial charge >= 0.3 is 0 Å². The quantitative estimate of drug-likeness (QED) is 0.591. The van der Waals surface area contributed by atoms with Crippen molar-refractivity contribution in [1.29, 1.82) is 0 Å². The van der Waals surface area contributed by atoms with Crippen LogP contribution in [0.25, 0.3) is 10.6 Å². The number of imidazole rings is 1. The van der Waals surface area contributed by atoms with Gasteiger partial charge in [-0.15, -0.1) is 11.3 Å². The number of aryl methyl sites for hydroxylation is 1. The van der Waals surface area contributed by atoms with E-state index in [-0.39, 0.29) is 17.1 Å². The summed E-state index contributed by atoms with van der Waals surface area (Å²) < 4.78 is 44.0. The van der Waals surface area contributed by atoms with Crippen LogP contribution >= 0.6 is 22.9 Å². The lowest BCUT2D eigenvalue weighted by atomic mass is 10.1. The van der Waals surface area contributed by atoms with Crippen LogP contribution in [-0.2, 0) is 22.1 Å². The van der Waals surface area contributed by atoms with Crippen molar-refractivity contribution in [2.24, 2.45) is 7.05 Å². The van der Waals surface area contributed by atoms with E-state index in [1.165, 1.54) is 30.5 Å². The van der Waals surface area contributed by atoms with Crippen LogP contribution in [0, 0.1) is 5.82 Å². The van der Waals surface area contributed by atoms with E-state index in [1.807, 2.05) is 13.2 Å². The number of likely N-dealkylation sites (N-methyl/N-ethyl adjacent to an activating group) is 1. The third-order valence-corrected chi connectivity index (χ3v) is 7.86. The van der Waals surface area contributed by atoms with Crippen LogP contribution in [-0.4, -0.2) is 46.3 Å². The molecule has 164 valence electrons. The van der Waals surface area contributed by atoms with Crippen LogP contribution in [0.15, 0.2) is 36.9 Å². The van der Waals surface area contributed by atoms with Gasteiger partial charge in [0.25, 0.3) is 10.2 Å². The lowest BCUT2D eigenvalue weighted by Crippen LogP contribution is -2.55. The fraction of sp³-hybridized carbons (Fsp3) is 0.278. The Balaban J connectivity index is 1.57. The number of thiazole rings is 1. The smallest absolute Gasteiger partial charge is 0.280 e. The molecule has 9 nitrogen and oxygen atoms in total. The minimum atomic E-state index is -3.93. The van der Waals surface area contributed by atoms with Crippen molar-refractivity contribution in [3.05, 3.63) is 52.8 Å². The van der Waals surface area contributed by atoms with E-state index < -0.39 is 34.0 Å². The van der Waals surface area contributed by atoms with Gasteiger partial charge in [0.05, 0.1) is 28.0 Å². The number of benzene rings is 1. The summed E-state index contributed by atoms with van der Waals surface area (Å²) in [6.07, 6.45) is 5.28. The Hall–Kier alpha value is -2.38. The molecule has 2 aromatic heterocycles. The summed E-state index contributed by atoms with van der Waals surface area (Å²) >= 11 is 7.06. The van der Waals surface area contributed by atoms with Gasteiger partial charge in [0.15, 0.2) is 0 Å². The maximum absolute atomic E-state index is 13.4. The summed E-state index contributed by atoms with van der Waals surface area (Å²) in [5.74, 6) is -1.17. The van der Waals surface area contributed by atoms with Gasteiger partial charge in [0, 0.05) is 32.2 Å². The summed E-state index contributed by atoms with van der Waals surface area (Å²) in [4.78, 5) is 22.3. The Morgan fingerprint density at radius 2 is 2.13 bits per heavy atom. The van der Waals surface area contributed by atoms with Crippen molar-refractivity contribution in [3.63, 3.8) is 0 Å². The molecule has 1 fully saturated rings. The average molecular weight is 485 g/mol. The number of hydrogen-bond donors (Lipinski definition) is 2. The Kier molecular flexibility index (Phi) is 5.83. The maximum Gasteiger partial charge on any atom is 0.280 e. The molecule has 3 aromatic rings. The molecule has 4 rings (SSSR count). The first-order chi connectivity index (χ1) is 14.6. The zero-order chi connectivity index (χ0) is 22.3. The van der Waals surface area contributed by atoms with E-state index in [2.05, 4.69) is 20.0 Å². The summed E-state index contributed by atoms with van der Waals surface area (Å²) in [5.41, 5.74) is 0.994. The number of carbonyl (C=O) groups excluding carboxylic acids is 1. The fourth-order valence-corrected chi connectivity index (χ4v) is 5.63. The number of anilines is 1. The lowest BCUT2D eigenvalue weighted by Gasteiger charge is -2.35. The Labute approximate surface area is 187 Å². The molecule has 1 amide bonds. The van der Waals surface area contributed by atoms with Crippen molar-refractivity contribution in [2.75, 3.05) is 12.4 Å². The van der Waals surface area contributed by atoms with Gasteiger partial charge in [-0.2, -0.15) is 17.4 Å². The van der Waals surface area contributed by atoms with Crippen LogP contribution in [0.5, 0.6) is 0 Å². The molecular formula is C18H18ClFN6O3S2. The van der Waals surface area contributed by atoms with Gasteiger partial charge in [0.1, 0.15) is 16.9 Å². The van der Waals surface area contributed by atoms with Crippen molar-refractivity contribution in [1.82, 2.24) is 23.6 Å². The largest absolute Gasteiger partial charge is 0.340 e. The number of hydrogen-bond acceptors (Lipinski definition) is 6. The third kappa shape index (κ3) is 4.48. The van der Waals surface area contributed by atoms with E-state index in [0.29, 0.717) is 5.01 Å². The number of carbonyl (C=O) groups is 1. The van der Waals surface area contributed by atoms with Gasteiger partial charge in [-0.05, 0) is 24.6 Å². The van der Waals surface area contributed by atoms with Gasteiger partial charge in [-0.25, -0.2) is 14.4 Å². The molecule has 2 atom stereocenters. The second kappa shape index (κ2) is 8.28. The molecule has 0 bridgehead atoms. The lowest BCUT2D eigenvalue weighted by molar-refractivity contribution is -0.120. The summed E-state index contributed by atoms with van der Waals surface area (Å²) in [6, 6.07) is 2.06. The monoisotopic (exact) mass is 484 g/mol. The highest BCUT2D eigenvalue weighted by Gasteiger charge is 2.41. The minimum Gasteiger partial charge on any atom is -0.340 e. The number of halogens is 2. The van der Waals surface area contributed by atoms with Crippen molar-refractivity contribution in [2.45, 2.75) is 18.5 Å². The van der Waals surface area contributed by atoms with Crippen molar-refractivity contribution in [3.8, 4) is 10.6 Å². The highest BCUT2D eigenvalue weighted by atomic mass is 35.5. The number of aromatic nitrogens is 3. The number of amides is 1. The molecule has 0 spiro atoms. The molecule has 0 saturated carbocycles. The molecular weight excluding hydrogens is 467 g/mol. The highest BCUT2D eigenvalue weighted by Crippen LogP contribution is 2.34. The normalized spacial score (nSPS) is 21.2. The van der Waals surface area contributed by atoms with Crippen LogP contribution in [0.4, 0.5) is 10.1 Å². The SMILES string of the molecule is CN1C(C(=O)Nc2ccc(F)c(Cl)c2)CC(c2ncc(-c3cn(C)cn3)s2)NS1(=O)=O. The zero-order valence-electron chi connectivity index (χ0n) is 16.4. The number of nitrogens with one attached hydrogen (secondary N) is 2. The highest BCUT2D eigenvalue weighted by molar-refractivity contribution is 7.87. The van der Waals surface area contributed by atoms with E-state index in [1.54, 1.807) is 17.1 Å². The first kappa shape index (κ1) is 21.8.